The molecule has 3 atom stereocenters. The quantitative estimate of drug-likeness (QED) is 0.631. The Hall–Kier alpha value is -1.69. The second kappa shape index (κ2) is 5.01. The first-order valence-electron chi connectivity index (χ1n) is 6.87. The molecule has 1 aromatic rings. The van der Waals surface area contributed by atoms with Gasteiger partial charge in [0, 0.05) is 18.2 Å². The highest BCUT2D eigenvalue weighted by Crippen LogP contribution is 2.36. The van der Waals surface area contributed by atoms with E-state index in [1.807, 2.05) is 0 Å². The summed E-state index contributed by atoms with van der Waals surface area (Å²) in [5.41, 5.74) is -0.252. The molecule has 0 N–H and O–H groups in total. The van der Waals surface area contributed by atoms with Gasteiger partial charge in [-0.25, -0.2) is 4.39 Å². The van der Waals surface area contributed by atoms with Crippen molar-refractivity contribution in [3.05, 3.63) is 34.1 Å². The van der Waals surface area contributed by atoms with E-state index < -0.39 is 10.7 Å². The van der Waals surface area contributed by atoms with Crippen LogP contribution in [0.3, 0.4) is 0 Å². The average Bonchev–Trinajstić information content (AvgIpc) is 2.64. The van der Waals surface area contributed by atoms with Gasteiger partial charge in [0.2, 0.25) is 0 Å². The van der Waals surface area contributed by atoms with Crippen molar-refractivity contribution in [1.29, 1.82) is 0 Å². The molecule has 108 valence electrons. The van der Waals surface area contributed by atoms with E-state index in [0.717, 1.165) is 18.9 Å². The normalized spacial score (nSPS) is 29.4. The number of hydrogen-bond acceptors (Lipinski definition) is 4. The Labute approximate surface area is 116 Å². The molecule has 0 amide bonds. The zero-order valence-corrected chi connectivity index (χ0v) is 11.3. The molecule has 6 heteroatoms. The van der Waals surface area contributed by atoms with Crippen molar-refractivity contribution in [1.82, 2.24) is 4.90 Å². The summed E-state index contributed by atoms with van der Waals surface area (Å²) >= 11 is 0. The van der Waals surface area contributed by atoms with Crippen molar-refractivity contribution in [3.63, 3.8) is 0 Å². The highest BCUT2D eigenvalue weighted by molar-refractivity contribution is 5.37. The topological polar surface area (TPSA) is 55.6 Å². The van der Waals surface area contributed by atoms with E-state index in [-0.39, 0.29) is 17.5 Å². The number of ether oxygens (including phenoxy) is 1. The first-order chi connectivity index (χ1) is 9.54. The molecule has 0 aromatic heterocycles. The van der Waals surface area contributed by atoms with E-state index in [9.17, 15) is 14.5 Å². The summed E-state index contributed by atoms with van der Waals surface area (Å²) in [6.45, 7) is 0. The summed E-state index contributed by atoms with van der Waals surface area (Å²) < 4.78 is 19.5. The molecule has 0 radical (unpaired) electrons. The molecule has 3 rings (SSSR count). The average molecular weight is 280 g/mol. The molecule has 2 aliphatic rings. The Morgan fingerprint density at radius 3 is 2.55 bits per heavy atom. The maximum Gasteiger partial charge on any atom is 0.272 e. The van der Waals surface area contributed by atoms with Gasteiger partial charge >= 0.3 is 0 Å². The van der Waals surface area contributed by atoms with Crippen LogP contribution in [0, 0.1) is 15.9 Å². The standard InChI is InChI=1S/C14H17FN2O3/c1-16-9-2-3-10(16)7-12(6-9)20-14-5-4-11(17(18)19)8-13(14)15/h4-5,8-10,12H,2-3,6-7H2,1H3/t9-,10+,12-. The largest absolute Gasteiger partial charge is 0.487 e. The van der Waals surface area contributed by atoms with Crippen molar-refractivity contribution < 1.29 is 14.1 Å². The Morgan fingerprint density at radius 1 is 1.35 bits per heavy atom. The number of non-ortho nitro benzene ring substituents is 1. The Kier molecular flexibility index (Phi) is 3.33. The number of nitro groups is 1. The molecule has 2 aliphatic heterocycles. The van der Waals surface area contributed by atoms with Crippen LogP contribution in [0.5, 0.6) is 5.75 Å². The monoisotopic (exact) mass is 280 g/mol. The van der Waals surface area contributed by atoms with Crippen molar-refractivity contribution in [3.8, 4) is 5.75 Å². The highest BCUT2D eigenvalue weighted by atomic mass is 19.1. The van der Waals surface area contributed by atoms with E-state index >= 15 is 0 Å². The van der Waals surface area contributed by atoms with Gasteiger partial charge < -0.3 is 9.64 Å². The lowest BCUT2D eigenvalue weighted by Crippen LogP contribution is -2.43. The van der Waals surface area contributed by atoms with E-state index in [0.29, 0.717) is 12.1 Å². The number of hydrogen-bond donors (Lipinski definition) is 0. The number of nitro benzene ring substituents is 1. The Morgan fingerprint density at radius 2 is 2.00 bits per heavy atom. The third kappa shape index (κ3) is 2.35. The SMILES string of the molecule is CN1[C@@H]2CC[C@H]1C[C@H](Oc1ccc([N+](=O)[O-])cc1F)C2. The second-order valence-corrected chi connectivity index (χ2v) is 5.63. The number of piperidine rings is 1. The van der Waals surface area contributed by atoms with Crippen LogP contribution in [-0.4, -0.2) is 35.1 Å². The van der Waals surface area contributed by atoms with Crippen molar-refractivity contribution in [2.75, 3.05) is 7.05 Å². The van der Waals surface area contributed by atoms with Gasteiger partial charge in [0.1, 0.15) is 6.10 Å². The van der Waals surface area contributed by atoms with Crippen LogP contribution in [-0.2, 0) is 0 Å². The summed E-state index contributed by atoms with van der Waals surface area (Å²) in [6, 6.07) is 4.58. The molecule has 20 heavy (non-hydrogen) atoms. The van der Waals surface area contributed by atoms with Gasteiger partial charge in [-0.05, 0) is 38.8 Å². The molecule has 0 spiro atoms. The lowest BCUT2D eigenvalue weighted by Gasteiger charge is -2.36. The van der Waals surface area contributed by atoms with Gasteiger partial charge in [0.25, 0.3) is 5.69 Å². The molecule has 2 bridgehead atoms. The molecule has 2 fully saturated rings. The predicted octanol–water partition coefficient (Wildman–Crippen LogP) is 2.74. The fourth-order valence-electron chi connectivity index (χ4n) is 3.34. The molecule has 0 unspecified atom stereocenters. The molecular weight excluding hydrogens is 263 g/mol. The first kappa shape index (κ1) is 13.3. The smallest absolute Gasteiger partial charge is 0.272 e. The maximum atomic E-state index is 13.8. The summed E-state index contributed by atoms with van der Waals surface area (Å²) in [4.78, 5) is 12.3. The minimum Gasteiger partial charge on any atom is -0.487 e. The molecule has 0 saturated carbocycles. The van der Waals surface area contributed by atoms with Crippen LogP contribution >= 0.6 is 0 Å². The van der Waals surface area contributed by atoms with E-state index in [1.165, 1.54) is 25.0 Å². The van der Waals surface area contributed by atoms with Crippen LogP contribution in [0.15, 0.2) is 18.2 Å². The Balaban J connectivity index is 1.71. The van der Waals surface area contributed by atoms with Gasteiger partial charge in [-0.15, -0.1) is 0 Å². The van der Waals surface area contributed by atoms with Gasteiger partial charge in [0.15, 0.2) is 11.6 Å². The highest BCUT2D eigenvalue weighted by Gasteiger charge is 2.39. The first-order valence-corrected chi connectivity index (χ1v) is 6.87. The number of rotatable bonds is 3. The summed E-state index contributed by atoms with van der Waals surface area (Å²) in [7, 11) is 2.13. The zero-order valence-electron chi connectivity index (χ0n) is 11.3. The van der Waals surface area contributed by atoms with E-state index in [1.54, 1.807) is 0 Å². The van der Waals surface area contributed by atoms with Crippen LogP contribution in [0.4, 0.5) is 10.1 Å². The van der Waals surface area contributed by atoms with Crippen LogP contribution < -0.4 is 4.74 Å². The fraction of sp³-hybridized carbons (Fsp3) is 0.571. The van der Waals surface area contributed by atoms with Crippen LogP contribution in [0.2, 0.25) is 0 Å². The predicted molar refractivity (Wildman–Crippen MR) is 71.3 cm³/mol. The summed E-state index contributed by atoms with van der Waals surface area (Å²) in [6.07, 6.45) is 4.13. The summed E-state index contributed by atoms with van der Waals surface area (Å²) in [5, 5.41) is 10.6. The van der Waals surface area contributed by atoms with Gasteiger partial charge in [-0.2, -0.15) is 0 Å². The third-order valence-electron chi connectivity index (χ3n) is 4.47. The molecule has 1 aromatic carbocycles. The van der Waals surface area contributed by atoms with Crippen LogP contribution in [0.25, 0.3) is 0 Å². The number of nitrogens with zero attached hydrogens (tertiary/aromatic N) is 2. The summed E-state index contributed by atoms with van der Waals surface area (Å²) in [5.74, 6) is -0.546. The molecule has 0 aliphatic carbocycles. The minimum absolute atomic E-state index is 0.000318. The fourth-order valence-corrected chi connectivity index (χ4v) is 3.34. The van der Waals surface area contributed by atoms with Crippen molar-refractivity contribution in [2.24, 2.45) is 0 Å². The van der Waals surface area contributed by atoms with Gasteiger partial charge in [-0.1, -0.05) is 0 Å². The molecule has 5 nitrogen and oxygen atoms in total. The van der Waals surface area contributed by atoms with E-state index in [4.69, 9.17) is 4.74 Å². The lowest BCUT2D eigenvalue weighted by molar-refractivity contribution is -0.385. The Bertz CT molecular complexity index is 523. The zero-order chi connectivity index (χ0) is 14.3. The number of fused-ring (bicyclic) bond motifs is 2. The van der Waals surface area contributed by atoms with Crippen molar-refractivity contribution in [2.45, 2.75) is 43.9 Å². The molecular formula is C14H17FN2O3. The third-order valence-corrected chi connectivity index (χ3v) is 4.47. The maximum absolute atomic E-state index is 13.8. The second-order valence-electron chi connectivity index (χ2n) is 5.63. The van der Waals surface area contributed by atoms with Crippen LogP contribution in [0.1, 0.15) is 25.7 Å². The molecule has 2 heterocycles. The minimum atomic E-state index is -0.662. The molecule has 2 saturated heterocycles. The van der Waals surface area contributed by atoms with Gasteiger partial charge in [0.05, 0.1) is 11.0 Å². The lowest BCUT2D eigenvalue weighted by atomic mass is 10.0. The van der Waals surface area contributed by atoms with Crippen molar-refractivity contribution >= 4 is 5.69 Å². The van der Waals surface area contributed by atoms with Gasteiger partial charge in [-0.3, -0.25) is 10.1 Å². The number of halogens is 1. The van der Waals surface area contributed by atoms with E-state index in [2.05, 4.69) is 11.9 Å². The number of benzene rings is 1.